The second-order valence-corrected chi connectivity index (χ2v) is 4.45. The molecule has 0 saturated carbocycles. The van der Waals surface area contributed by atoms with E-state index in [1.165, 1.54) is 18.2 Å². The van der Waals surface area contributed by atoms with Gasteiger partial charge in [0.15, 0.2) is 0 Å². The molecule has 21 heavy (non-hydrogen) atoms. The molecule has 0 atom stereocenters. The number of rotatable bonds is 5. The number of benzene rings is 2. The molecule has 0 aliphatic carbocycles. The normalized spacial score (nSPS) is 10.6. The summed E-state index contributed by atoms with van der Waals surface area (Å²) in [5.41, 5.74) is 1.73. The van der Waals surface area contributed by atoms with E-state index in [1.54, 1.807) is 25.3 Å². The maximum absolute atomic E-state index is 12.7. The van der Waals surface area contributed by atoms with E-state index in [1.807, 2.05) is 24.3 Å². The molecule has 0 unspecified atom stereocenters. The van der Waals surface area contributed by atoms with Crippen molar-refractivity contribution in [2.45, 2.75) is 6.54 Å². The molecule has 2 aromatic rings. The lowest BCUT2D eigenvalue weighted by Crippen LogP contribution is -2.20. The van der Waals surface area contributed by atoms with Gasteiger partial charge in [0.2, 0.25) is 5.91 Å². The van der Waals surface area contributed by atoms with E-state index in [9.17, 15) is 9.18 Å². The molecular weight excluding hydrogens is 269 g/mol. The molecule has 0 bridgehead atoms. The van der Waals surface area contributed by atoms with Crippen LogP contribution < -0.4 is 10.1 Å². The molecule has 0 aliphatic rings. The fourth-order valence-electron chi connectivity index (χ4n) is 1.78. The number of carbonyl (C=O) groups excluding carboxylic acids is 1. The van der Waals surface area contributed by atoms with Crippen LogP contribution >= 0.6 is 0 Å². The Balaban J connectivity index is 1.88. The lowest BCUT2D eigenvalue weighted by atomic mass is 10.2. The quantitative estimate of drug-likeness (QED) is 0.857. The van der Waals surface area contributed by atoms with Crippen LogP contribution in [-0.2, 0) is 11.3 Å². The number of halogens is 1. The van der Waals surface area contributed by atoms with Crippen molar-refractivity contribution in [3.63, 3.8) is 0 Å². The lowest BCUT2D eigenvalue weighted by molar-refractivity contribution is -0.116. The highest BCUT2D eigenvalue weighted by molar-refractivity contribution is 5.91. The van der Waals surface area contributed by atoms with Gasteiger partial charge in [0.05, 0.1) is 7.11 Å². The summed E-state index contributed by atoms with van der Waals surface area (Å²) in [6.45, 7) is 0.420. The summed E-state index contributed by atoms with van der Waals surface area (Å²) >= 11 is 0. The van der Waals surface area contributed by atoms with E-state index < -0.39 is 0 Å². The van der Waals surface area contributed by atoms with E-state index >= 15 is 0 Å². The first-order chi connectivity index (χ1) is 10.2. The van der Waals surface area contributed by atoms with Crippen molar-refractivity contribution in [2.75, 3.05) is 7.11 Å². The predicted octanol–water partition coefficient (Wildman–Crippen LogP) is 3.16. The summed E-state index contributed by atoms with van der Waals surface area (Å²) in [5.74, 6) is 0.250. The van der Waals surface area contributed by atoms with Gasteiger partial charge in [-0.25, -0.2) is 4.39 Å². The van der Waals surface area contributed by atoms with Crippen LogP contribution in [0.2, 0.25) is 0 Å². The Morgan fingerprint density at radius 3 is 2.71 bits per heavy atom. The second-order valence-electron chi connectivity index (χ2n) is 4.45. The van der Waals surface area contributed by atoms with Crippen molar-refractivity contribution in [3.8, 4) is 5.75 Å². The number of nitrogens with one attached hydrogen (secondary N) is 1. The highest BCUT2D eigenvalue weighted by Gasteiger charge is 1.99. The van der Waals surface area contributed by atoms with Crippen molar-refractivity contribution in [2.24, 2.45) is 0 Å². The molecule has 3 nitrogen and oxygen atoms in total. The SMILES string of the molecule is COc1cccc(CNC(=O)C=Cc2ccc(F)cc2)c1. The fraction of sp³-hybridized carbons (Fsp3) is 0.118. The molecular formula is C17H16FNO2. The molecule has 0 spiro atoms. The van der Waals surface area contributed by atoms with Crippen LogP contribution in [0.5, 0.6) is 5.75 Å². The number of hydrogen-bond donors (Lipinski definition) is 1. The van der Waals surface area contributed by atoms with E-state index in [-0.39, 0.29) is 11.7 Å². The largest absolute Gasteiger partial charge is 0.497 e. The van der Waals surface area contributed by atoms with E-state index in [4.69, 9.17) is 4.74 Å². The third-order valence-corrected chi connectivity index (χ3v) is 2.90. The monoisotopic (exact) mass is 285 g/mol. The maximum Gasteiger partial charge on any atom is 0.244 e. The molecule has 0 heterocycles. The first-order valence-electron chi connectivity index (χ1n) is 6.52. The summed E-state index contributed by atoms with van der Waals surface area (Å²) in [5, 5.41) is 2.78. The lowest BCUT2D eigenvalue weighted by Gasteiger charge is -2.05. The first kappa shape index (κ1) is 14.8. The smallest absolute Gasteiger partial charge is 0.244 e. The van der Waals surface area contributed by atoms with Gasteiger partial charge in [0, 0.05) is 12.6 Å². The van der Waals surface area contributed by atoms with Crippen molar-refractivity contribution >= 4 is 12.0 Å². The van der Waals surface area contributed by atoms with Gasteiger partial charge in [-0.15, -0.1) is 0 Å². The first-order valence-corrected chi connectivity index (χ1v) is 6.52. The van der Waals surface area contributed by atoms with Crippen LogP contribution in [0.25, 0.3) is 6.08 Å². The Morgan fingerprint density at radius 1 is 1.24 bits per heavy atom. The minimum atomic E-state index is -0.297. The Bertz CT molecular complexity index is 635. The minimum absolute atomic E-state index is 0.206. The molecule has 1 amide bonds. The number of amides is 1. The molecule has 4 heteroatoms. The average molecular weight is 285 g/mol. The second kappa shape index (κ2) is 7.24. The molecule has 108 valence electrons. The van der Waals surface area contributed by atoms with Crippen molar-refractivity contribution in [1.29, 1.82) is 0 Å². The third kappa shape index (κ3) is 4.76. The maximum atomic E-state index is 12.7. The summed E-state index contributed by atoms with van der Waals surface area (Å²) < 4.78 is 17.9. The fourth-order valence-corrected chi connectivity index (χ4v) is 1.78. The summed E-state index contributed by atoms with van der Waals surface area (Å²) in [6, 6.07) is 13.4. The zero-order valence-corrected chi connectivity index (χ0v) is 11.7. The number of ether oxygens (including phenoxy) is 1. The molecule has 2 aromatic carbocycles. The summed E-state index contributed by atoms with van der Waals surface area (Å²) in [7, 11) is 1.60. The van der Waals surface area contributed by atoms with Gasteiger partial charge in [-0.1, -0.05) is 24.3 Å². The van der Waals surface area contributed by atoms with Crippen molar-refractivity contribution < 1.29 is 13.9 Å². The number of methoxy groups -OCH3 is 1. The topological polar surface area (TPSA) is 38.3 Å². The Hall–Kier alpha value is -2.62. The predicted molar refractivity (Wildman–Crippen MR) is 80.3 cm³/mol. The molecule has 0 radical (unpaired) electrons. The van der Waals surface area contributed by atoms with Crippen LogP contribution in [0, 0.1) is 5.82 Å². The summed E-state index contributed by atoms with van der Waals surface area (Å²) in [4.78, 5) is 11.7. The van der Waals surface area contributed by atoms with Crippen molar-refractivity contribution in [3.05, 3.63) is 71.6 Å². The third-order valence-electron chi connectivity index (χ3n) is 2.90. The molecule has 1 N–H and O–H groups in total. The Morgan fingerprint density at radius 2 is 2.00 bits per heavy atom. The van der Waals surface area contributed by atoms with Gasteiger partial charge < -0.3 is 10.1 Å². The Labute approximate surface area is 123 Å². The molecule has 0 saturated heterocycles. The molecule has 2 rings (SSSR count). The van der Waals surface area contributed by atoms with Crippen molar-refractivity contribution in [1.82, 2.24) is 5.32 Å². The van der Waals surface area contributed by atoms with E-state index in [2.05, 4.69) is 5.32 Å². The van der Waals surface area contributed by atoms with Gasteiger partial charge >= 0.3 is 0 Å². The Kier molecular flexibility index (Phi) is 5.10. The van der Waals surface area contributed by atoms with E-state index in [0.29, 0.717) is 6.54 Å². The van der Waals surface area contributed by atoms with Crippen LogP contribution in [0.4, 0.5) is 4.39 Å². The highest BCUT2D eigenvalue weighted by Crippen LogP contribution is 2.12. The van der Waals surface area contributed by atoms with Gasteiger partial charge in [-0.05, 0) is 41.5 Å². The van der Waals surface area contributed by atoms with Crippen LogP contribution in [0.15, 0.2) is 54.6 Å². The van der Waals surface area contributed by atoms with E-state index in [0.717, 1.165) is 16.9 Å². The van der Waals surface area contributed by atoms with Gasteiger partial charge in [-0.3, -0.25) is 4.79 Å². The minimum Gasteiger partial charge on any atom is -0.497 e. The molecule has 0 fully saturated rings. The van der Waals surface area contributed by atoms with Crippen LogP contribution in [0.1, 0.15) is 11.1 Å². The average Bonchev–Trinajstić information content (AvgIpc) is 2.52. The van der Waals surface area contributed by atoms with Gasteiger partial charge in [0.25, 0.3) is 0 Å². The zero-order chi connectivity index (χ0) is 15.1. The van der Waals surface area contributed by atoms with Gasteiger partial charge in [-0.2, -0.15) is 0 Å². The summed E-state index contributed by atoms with van der Waals surface area (Å²) in [6.07, 6.45) is 3.06. The number of hydrogen-bond acceptors (Lipinski definition) is 2. The molecule has 0 aromatic heterocycles. The molecule has 0 aliphatic heterocycles. The van der Waals surface area contributed by atoms with Gasteiger partial charge in [0.1, 0.15) is 11.6 Å². The van der Waals surface area contributed by atoms with Crippen LogP contribution in [0.3, 0.4) is 0 Å². The number of carbonyl (C=O) groups is 1. The van der Waals surface area contributed by atoms with Crippen LogP contribution in [-0.4, -0.2) is 13.0 Å². The standard InChI is InChI=1S/C17H16FNO2/c1-21-16-4-2-3-14(11-16)12-19-17(20)10-7-13-5-8-15(18)9-6-13/h2-11H,12H2,1H3,(H,19,20). The highest BCUT2D eigenvalue weighted by atomic mass is 19.1. The zero-order valence-electron chi connectivity index (χ0n) is 11.7.